The van der Waals surface area contributed by atoms with Crippen molar-refractivity contribution in [2.24, 2.45) is 0 Å². The van der Waals surface area contributed by atoms with E-state index in [1.807, 2.05) is 38.1 Å². The molecule has 0 bridgehead atoms. The molecule has 0 unspecified atom stereocenters. The monoisotopic (exact) mass is 470 g/mol. The molecule has 0 aromatic heterocycles. The molecule has 2 atom stereocenters. The Morgan fingerprint density at radius 3 is 2.26 bits per heavy atom. The van der Waals surface area contributed by atoms with Gasteiger partial charge in [-0.3, -0.25) is 9.59 Å². The summed E-state index contributed by atoms with van der Waals surface area (Å²) in [6.45, 7) is 4.99. The first-order valence-corrected chi connectivity index (χ1v) is 11.4. The summed E-state index contributed by atoms with van der Waals surface area (Å²) in [6.07, 6.45) is 0.833. The zero-order valence-corrected chi connectivity index (χ0v) is 20.7. The van der Waals surface area contributed by atoms with Crippen LogP contribution in [-0.2, 0) is 9.53 Å². The van der Waals surface area contributed by atoms with E-state index < -0.39 is 12.0 Å². The Bertz CT molecular complexity index is 1010. The van der Waals surface area contributed by atoms with Gasteiger partial charge < -0.3 is 29.2 Å². The van der Waals surface area contributed by atoms with Crippen molar-refractivity contribution in [1.29, 1.82) is 0 Å². The fourth-order valence-corrected chi connectivity index (χ4v) is 4.26. The standard InChI is InChI=1S/C26H34N2O6/c1-16(2)34-13-7-12-27-25(29)23-19-14-21(32-5)22(33-6)15-20(19)26(30)28(3)24(23)17-8-10-18(31-4)11-9-17/h8-11,14-16,23-24H,7,12-13H2,1-6H3,(H,27,29)/t23-,24+/m0/s1. The van der Waals surface area contributed by atoms with Crippen molar-refractivity contribution < 1.29 is 28.5 Å². The van der Waals surface area contributed by atoms with Crippen molar-refractivity contribution in [3.63, 3.8) is 0 Å². The molecule has 0 saturated carbocycles. The summed E-state index contributed by atoms with van der Waals surface area (Å²) >= 11 is 0. The number of rotatable bonds is 10. The quantitative estimate of drug-likeness (QED) is 0.535. The largest absolute Gasteiger partial charge is 0.497 e. The van der Waals surface area contributed by atoms with Crippen LogP contribution in [-0.4, -0.2) is 64.3 Å². The van der Waals surface area contributed by atoms with Crippen LogP contribution in [0.3, 0.4) is 0 Å². The van der Waals surface area contributed by atoms with Gasteiger partial charge in [0.25, 0.3) is 5.91 Å². The number of hydrogen-bond donors (Lipinski definition) is 1. The molecular weight excluding hydrogens is 436 g/mol. The molecule has 2 amide bonds. The number of methoxy groups -OCH3 is 3. The maximum atomic E-state index is 13.6. The van der Waals surface area contributed by atoms with Crippen LogP contribution in [0.15, 0.2) is 36.4 Å². The molecule has 0 fully saturated rings. The summed E-state index contributed by atoms with van der Waals surface area (Å²) < 4.78 is 21.7. The van der Waals surface area contributed by atoms with E-state index in [4.69, 9.17) is 18.9 Å². The molecule has 2 aromatic carbocycles. The van der Waals surface area contributed by atoms with Crippen LogP contribution < -0.4 is 19.5 Å². The molecule has 1 aliphatic rings. The van der Waals surface area contributed by atoms with Crippen LogP contribution in [0.5, 0.6) is 17.2 Å². The van der Waals surface area contributed by atoms with Crippen molar-refractivity contribution in [2.75, 3.05) is 41.5 Å². The predicted molar refractivity (Wildman–Crippen MR) is 129 cm³/mol. The van der Waals surface area contributed by atoms with Crippen LogP contribution >= 0.6 is 0 Å². The molecular formula is C26H34N2O6. The first-order chi connectivity index (χ1) is 16.3. The highest BCUT2D eigenvalue weighted by Gasteiger charge is 2.43. The Kier molecular flexibility index (Phi) is 8.39. The Labute approximate surface area is 201 Å². The van der Waals surface area contributed by atoms with E-state index in [1.165, 1.54) is 14.2 Å². The summed E-state index contributed by atoms with van der Waals surface area (Å²) in [5, 5.41) is 3.04. The van der Waals surface area contributed by atoms with E-state index in [9.17, 15) is 9.59 Å². The number of nitrogens with one attached hydrogen (secondary N) is 1. The van der Waals surface area contributed by atoms with E-state index in [0.717, 1.165) is 5.56 Å². The summed E-state index contributed by atoms with van der Waals surface area (Å²) in [7, 11) is 6.37. The van der Waals surface area contributed by atoms with Crippen LogP contribution in [0.2, 0.25) is 0 Å². The normalized spacial score (nSPS) is 17.4. The minimum atomic E-state index is -0.642. The number of ether oxygens (including phenoxy) is 4. The number of amides is 2. The fourth-order valence-electron chi connectivity index (χ4n) is 4.26. The summed E-state index contributed by atoms with van der Waals surface area (Å²) in [5.74, 6) is 0.610. The van der Waals surface area contributed by atoms with Crippen molar-refractivity contribution in [2.45, 2.75) is 38.3 Å². The summed E-state index contributed by atoms with van der Waals surface area (Å²) in [6, 6.07) is 10.3. The zero-order valence-electron chi connectivity index (χ0n) is 20.7. The minimum Gasteiger partial charge on any atom is -0.497 e. The average molecular weight is 471 g/mol. The topological polar surface area (TPSA) is 86.3 Å². The van der Waals surface area contributed by atoms with Gasteiger partial charge in [-0.1, -0.05) is 12.1 Å². The number of likely N-dealkylation sites (N-methyl/N-ethyl adjacent to an activating group) is 1. The van der Waals surface area contributed by atoms with Gasteiger partial charge in [0.1, 0.15) is 5.75 Å². The highest BCUT2D eigenvalue weighted by molar-refractivity contribution is 6.02. The molecule has 1 heterocycles. The lowest BCUT2D eigenvalue weighted by atomic mass is 9.79. The molecule has 184 valence electrons. The molecule has 0 radical (unpaired) electrons. The van der Waals surface area contributed by atoms with E-state index in [0.29, 0.717) is 47.9 Å². The fraction of sp³-hybridized carbons (Fsp3) is 0.462. The second kappa shape index (κ2) is 11.2. The van der Waals surface area contributed by atoms with Crippen molar-refractivity contribution >= 4 is 11.8 Å². The van der Waals surface area contributed by atoms with E-state index >= 15 is 0 Å². The third kappa shape index (κ3) is 5.28. The lowest BCUT2D eigenvalue weighted by Crippen LogP contribution is -2.46. The maximum Gasteiger partial charge on any atom is 0.254 e. The third-order valence-corrected chi connectivity index (χ3v) is 5.99. The third-order valence-electron chi connectivity index (χ3n) is 5.99. The number of fused-ring (bicyclic) bond motifs is 1. The smallest absolute Gasteiger partial charge is 0.254 e. The van der Waals surface area contributed by atoms with Gasteiger partial charge in [0, 0.05) is 25.8 Å². The number of nitrogens with zero attached hydrogens (tertiary/aromatic N) is 1. The van der Waals surface area contributed by atoms with Gasteiger partial charge >= 0.3 is 0 Å². The second-order valence-corrected chi connectivity index (χ2v) is 8.47. The lowest BCUT2D eigenvalue weighted by molar-refractivity contribution is -0.124. The van der Waals surface area contributed by atoms with Crippen LogP contribution in [0, 0.1) is 0 Å². The molecule has 3 rings (SSSR count). The zero-order chi connectivity index (χ0) is 24.8. The first-order valence-electron chi connectivity index (χ1n) is 11.4. The van der Waals surface area contributed by atoms with Gasteiger partial charge in [-0.25, -0.2) is 0 Å². The van der Waals surface area contributed by atoms with Crippen molar-refractivity contribution in [3.05, 3.63) is 53.1 Å². The number of benzene rings is 2. The van der Waals surface area contributed by atoms with Crippen LogP contribution in [0.25, 0.3) is 0 Å². The van der Waals surface area contributed by atoms with Gasteiger partial charge in [-0.2, -0.15) is 0 Å². The molecule has 0 spiro atoms. The van der Waals surface area contributed by atoms with Crippen molar-refractivity contribution in [1.82, 2.24) is 10.2 Å². The number of carbonyl (C=O) groups is 2. The molecule has 8 nitrogen and oxygen atoms in total. The number of carbonyl (C=O) groups excluding carboxylic acids is 2. The number of hydrogen-bond acceptors (Lipinski definition) is 6. The van der Waals surface area contributed by atoms with E-state index in [1.54, 1.807) is 31.2 Å². The van der Waals surface area contributed by atoms with Crippen LogP contribution in [0.1, 0.15) is 53.7 Å². The Balaban J connectivity index is 2.01. The van der Waals surface area contributed by atoms with Gasteiger partial charge in [0.2, 0.25) is 5.91 Å². The average Bonchev–Trinajstić information content (AvgIpc) is 2.84. The van der Waals surface area contributed by atoms with Gasteiger partial charge in [-0.05, 0) is 55.7 Å². The van der Waals surface area contributed by atoms with Gasteiger partial charge in [0.15, 0.2) is 11.5 Å². The molecule has 0 aliphatic carbocycles. The predicted octanol–water partition coefficient (Wildman–Crippen LogP) is 3.55. The Morgan fingerprint density at radius 2 is 1.68 bits per heavy atom. The lowest BCUT2D eigenvalue weighted by Gasteiger charge is -2.40. The van der Waals surface area contributed by atoms with Crippen molar-refractivity contribution in [3.8, 4) is 17.2 Å². The van der Waals surface area contributed by atoms with Gasteiger partial charge in [0.05, 0.1) is 39.4 Å². The van der Waals surface area contributed by atoms with Gasteiger partial charge in [-0.15, -0.1) is 0 Å². The Hall–Kier alpha value is -3.26. The summed E-state index contributed by atoms with van der Waals surface area (Å²) in [4.78, 5) is 28.6. The first kappa shape index (κ1) is 25.4. The highest BCUT2D eigenvalue weighted by atomic mass is 16.5. The Morgan fingerprint density at radius 1 is 1.03 bits per heavy atom. The summed E-state index contributed by atoms with van der Waals surface area (Å²) in [5.41, 5.74) is 1.87. The molecule has 2 aromatic rings. The molecule has 0 saturated heterocycles. The minimum absolute atomic E-state index is 0.141. The molecule has 34 heavy (non-hydrogen) atoms. The van der Waals surface area contributed by atoms with E-state index in [2.05, 4.69) is 5.32 Å². The molecule has 1 aliphatic heterocycles. The maximum absolute atomic E-state index is 13.6. The SMILES string of the molecule is COc1ccc([C@@H]2[C@@H](C(=O)NCCCOC(C)C)c3cc(OC)c(OC)cc3C(=O)N2C)cc1. The van der Waals surface area contributed by atoms with Crippen LogP contribution in [0.4, 0.5) is 0 Å². The van der Waals surface area contributed by atoms with E-state index in [-0.39, 0.29) is 17.9 Å². The molecule has 8 heteroatoms. The second-order valence-electron chi connectivity index (χ2n) is 8.47. The molecule has 1 N–H and O–H groups in total. The highest BCUT2D eigenvalue weighted by Crippen LogP contribution is 2.45.